The molecular formula is C21H27ClN2O4S2. The van der Waals surface area contributed by atoms with Crippen molar-refractivity contribution in [2.75, 3.05) is 0 Å². The Morgan fingerprint density at radius 2 is 2.00 bits per heavy atom. The van der Waals surface area contributed by atoms with E-state index >= 15 is 0 Å². The number of carbonyl (C=O) groups is 1. The Balaban J connectivity index is 1.71. The summed E-state index contributed by atoms with van der Waals surface area (Å²) in [4.78, 5) is 16.6. The van der Waals surface area contributed by atoms with Crippen molar-refractivity contribution in [1.82, 2.24) is 9.71 Å². The normalized spacial score (nSPS) is 20.9. The summed E-state index contributed by atoms with van der Waals surface area (Å²) >= 11 is 7.52. The van der Waals surface area contributed by atoms with Crippen molar-refractivity contribution in [3.05, 3.63) is 44.5 Å². The second-order valence-electron chi connectivity index (χ2n) is 8.27. The maximum Gasteiger partial charge on any atom is 0.291 e. The van der Waals surface area contributed by atoms with Crippen LogP contribution in [0.4, 0.5) is 0 Å². The first-order chi connectivity index (χ1) is 14.0. The van der Waals surface area contributed by atoms with Crippen molar-refractivity contribution in [3.8, 4) is 0 Å². The van der Waals surface area contributed by atoms with Gasteiger partial charge in [-0.15, -0.1) is 11.3 Å². The summed E-state index contributed by atoms with van der Waals surface area (Å²) in [5.74, 6) is -0.624. The van der Waals surface area contributed by atoms with Crippen LogP contribution in [-0.4, -0.2) is 24.4 Å². The zero-order valence-corrected chi connectivity index (χ0v) is 19.8. The van der Waals surface area contributed by atoms with E-state index in [4.69, 9.17) is 11.6 Å². The van der Waals surface area contributed by atoms with Gasteiger partial charge in [0.25, 0.3) is 10.0 Å². The lowest BCUT2D eigenvalue weighted by atomic mass is 10.0. The summed E-state index contributed by atoms with van der Waals surface area (Å²) in [6.07, 6.45) is 8.90. The second-order valence-corrected chi connectivity index (χ2v) is 11.5. The number of amides is 1. The predicted molar refractivity (Wildman–Crippen MR) is 119 cm³/mol. The quantitative estimate of drug-likeness (QED) is 0.629. The lowest BCUT2D eigenvalue weighted by Gasteiger charge is -2.13. The molecule has 30 heavy (non-hydrogen) atoms. The molecule has 1 amide bonds. The summed E-state index contributed by atoms with van der Waals surface area (Å²) in [6, 6.07) is 0. The average Bonchev–Trinajstić information content (AvgIpc) is 3.38. The van der Waals surface area contributed by atoms with E-state index in [2.05, 4.69) is 16.6 Å². The highest BCUT2D eigenvalue weighted by atomic mass is 35.5. The van der Waals surface area contributed by atoms with Crippen LogP contribution in [0.1, 0.15) is 70.6 Å². The van der Waals surface area contributed by atoms with E-state index < -0.39 is 21.5 Å². The van der Waals surface area contributed by atoms with E-state index in [0.29, 0.717) is 4.88 Å². The van der Waals surface area contributed by atoms with E-state index in [1.54, 1.807) is 19.9 Å². The van der Waals surface area contributed by atoms with Gasteiger partial charge in [-0.05, 0) is 76.0 Å². The van der Waals surface area contributed by atoms with Crippen LogP contribution >= 0.6 is 22.9 Å². The van der Waals surface area contributed by atoms with Gasteiger partial charge in [0.2, 0.25) is 10.2 Å². The number of hydrogen-bond acceptors (Lipinski definition) is 6. The van der Waals surface area contributed by atoms with Crippen molar-refractivity contribution >= 4 is 38.9 Å². The summed E-state index contributed by atoms with van der Waals surface area (Å²) < 4.78 is 26.7. The van der Waals surface area contributed by atoms with Crippen LogP contribution in [0, 0.1) is 0 Å². The van der Waals surface area contributed by atoms with Gasteiger partial charge in [0.15, 0.2) is 0 Å². The number of carbonyl (C=O) groups excluding carboxylic acids is 1. The molecule has 9 heteroatoms. The molecule has 1 heterocycles. The van der Waals surface area contributed by atoms with E-state index in [9.17, 15) is 18.3 Å². The Labute approximate surface area is 186 Å². The summed E-state index contributed by atoms with van der Waals surface area (Å²) in [5.41, 5.74) is 3.46. The number of allylic oxidation sites excluding steroid dienone is 5. The second kappa shape index (κ2) is 8.94. The Morgan fingerprint density at radius 3 is 2.60 bits per heavy atom. The number of aromatic nitrogens is 1. The Morgan fingerprint density at radius 1 is 1.30 bits per heavy atom. The van der Waals surface area contributed by atoms with Crippen molar-refractivity contribution < 1.29 is 18.3 Å². The van der Waals surface area contributed by atoms with Gasteiger partial charge in [-0.3, -0.25) is 4.79 Å². The Kier molecular flexibility index (Phi) is 6.91. The highest BCUT2D eigenvalue weighted by Gasteiger charge is 2.27. The molecular weight excluding hydrogens is 444 g/mol. The van der Waals surface area contributed by atoms with Gasteiger partial charge < -0.3 is 5.11 Å². The molecule has 1 aromatic rings. The molecule has 0 aromatic carbocycles. The van der Waals surface area contributed by atoms with Gasteiger partial charge in [-0.2, -0.15) is 8.42 Å². The minimum absolute atomic E-state index is 0.0516. The highest BCUT2D eigenvalue weighted by molar-refractivity contribution is 7.92. The monoisotopic (exact) mass is 470 g/mol. The number of rotatable bonds is 6. The molecule has 0 spiro atoms. The third-order valence-electron chi connectivity index (χ3n) is 5.38. The summed E-state index contributed by atoms with van der Waals surface area (Å²) in [6.45, 7) is 5.20. The van der Waals surface area contributed by atoms with Gasteiger partial charge in [-0.1, -0.05) is 23.3 Å². The number of halogens is 1. The molecule has 2 aliphatic rings. The van der Waals surface area contributed by atoms with E-state index in [1.165, 1.54) is 17.3 Å². The molecule has 0 aliphatic heterocycles. The molecule has 0 saturated heterocycles. The van der Waals surface area contributed by atoms with Gasteiger partial charge in [-0.25, -0.2) is 9.71 Å². The molecule has 0 bridgehead atoms. The van der Waals surface area contributed by atoms with Crippen molar-refractivity contribution in [1.29, 1.82) is 0 Å². The Bertz CT molecular complexity index is 1040. The molecule has 164 valence electrons. The van der Waals surface area contributed by atoms with Crippen LogP contribution in [0.5, 0.6) is 0 Å². The molecule has 1 fully saturated rings. The molecule has 1 saturated carbocycles. The number of nitrogens with zero attached hydrogens (tertiary/aromatic N) is 1. The number of thiazole rings is 1. The van der Waals surface area contributed by atoms with Crippen LogP contribution in [0.25, 0.3) is 0 Å². The fraction of sp³-hybridized carbons (Fsp3) is 0.524. The molecule has 0 atom stereocenters. The number of hydrogen-bond donors (Lipinski definition) is 2. The zero-order chi connectivity index (χ0) is 22.1. The number of nitrogens with one attached hydrogen (secondary N) is 1. The maximum atomic E-state index is 12.4. The number of aliphatic hydroxyl groups is 1. The smallest absolute Gasteiger partial charge is 0.291 e. The summed E-state index contributed by atoms with van der Waals surface area (Å²) in [7, 11) is -4.07. The third kappa shape index (κ3) is 5.22. The maximum absolute atomic E-state index is 12.4. The van der Waals surface area contributed by atoms with Crippen LogP contribution < -0.4 is 4.72 Å². The minimum Gasteiger partial charge on any atom is -0.385 e. The van der Waals surface area contributed by atoms with Gasteiger partial charge in [0.1, 0.15) is 0 Å². The lowest BCUT2D eigenvalue weighted by Crippen LogP contribution is -2.30. The topological polar surface area (TPSA) is 96.4 Å². The molecule has 1 aromatic heterocycles. The zero-order valence-electron chi connectivity index (χ0n) is 17.4. The first-order valence-electron chi connectivity index (χ1n) is 10.0. The van der Waals surface area contributed by atoms with Gasteiger partial charge in [0.05, 0.1) is 10.5 Å². The fourth-order valence-electron chi connectivity index (χ4n) is 3.73. The van der Waals surface area contributed by atoms with Crippen LogP contribution in [0.3, 0.4) is 0 Å². The van der Waals surface area contributed by atoms with Crippen LogP contribution in [0.2, 0.25) is 0 Å². The van der Waals surface area contributed by atoms with Crippen molar-refractivity contribution in [3.63, 3.8) is 0 Å². The van der Waals surface area contributed by atoms with Gasteiger partial charge >= 0.3 is 0 Å². The van der Waals surface area contributed by atoms with Crippen LogP contribution in [-0.2, 0) is 20.4 Å². The molecule has 0 unspecified atom stereocenters. The van der Waals surface area contributed by atoms with Crippen LogP contribution in [0.15, 0.2) is 43.9 Å². The average molecular weight is 471 g/mol. The fourth-order valence-corrected chi connectivity index (χ4v) is 6.35. The third-order valence-corrected chi connectivity index (χ3v) is 8.91. The molecule has 6 nitrogen and oxygen atoms in total. The predicted octanol–water partition coefficient (Wildman–Crippen LogP) is 4.67. The molecule has 2 aliphatic carbocycles. The standard InChI is InChI=1S/C21H27ClN2O4S2/c1-13-6-4-8-15(13)19(22)16-9-5-7-14(16)10-11-18(25)24-30(27,28)20-23-12-17(29-20)21(2,3)26/h10,12,26H,4-9,11H2,1-3H3,(H,24,25)/b14-10+,19-16+. The van der Waals surface area contributed by atoms with Crippen molar-refractivity contribution in [2.24, 2.45) is 0 Å². The van der Waals surface area contributed by atoms with E-state index in [-0.39, 0.29) is 10.8 Å². The first kappa shape index (κ1) is 23.2. The largest absolute Gasteiger partial charge is 0.385 e. The van der Waals surface area contributed by atoms with Gasteiger partial charge in [0, 0.05) is 17.6 Å². The Hall–Kier alpha value is -1.48. The van der Waals surface area contributed by atoms with Crippen molar-refractivity contribution in [2.45, 2.75) is 75.7 Å². The first-order valence-corrected chi connectivity index (χ1v) is 12.7. The lowest BCUT2D eigenvalue weighted by molar-refractivity contribution is -0.118. The SMILES string of the molecule is CC1=C(/C(Cl)=C2/CCC/C2=C\CC(=O)NS(=O)(=O)c2ncc(C(C)(C)O)s2)CCC1. The molecule has 2 N–H and O–H groups in total. The molecule has 3 rings (SSSR count). The summed E-state index contributed by atoms with van der Waals surface area (Å²) in [5, 5.41) is 10.8. The van der Waals surface area contributed by atoms with E-state index in [0.717, 1.165) is 66.0 Å². The number of sulfonamides is 1. The van der Waals surface area contributed by atoms with E-state index in [1.807, 2.05) is 0 Å². The highest BCUT2D eigenvalue weighted by Crippen LogP contribution is 2.41. The minimum atomic E-state index is -4.07. The molecule has 0 radical (unpaired) electrons.